The van der Waals surface area contributed by atoms with Crippen molar-refractivity contribution in [1.29, 1.82) is 0 Å². The van der Waals surface area contributed by atoms with E-state index in [9.17, 15) is 0 Å². The van der Waals surface area contributed by atoms with E-state index in [1.165, 1.54) is 0 Å². The molecule has 1 aliphatic heterocycles. The van der Waals surface area contributed by atoms with Gasteiger partial charge in [-0.25, -0.2) is 0 Å². The number of hydrogen-bond donors (Lipinski definition) is 2. The molecule has 0 saturated carbocycles. The smallest absolute Gasteiger partial charge is 0.107 e. The molecule has 0 unspecified atom stereocenters. The van der Waals surface area contributed by atoms with Gasteiger partial charge in [0.05, 0.1) is 0 Å². The number of halogens is 1. The summed E-state index contributed by atoms with van der Waals surface area (Å²) in [7, 11) is 0. The van der Waals surface area contributed by atoms with E-state index in [-0.39, 0.29) is 0 Å². The lowest BCUT2D eigenvalue weighted by Gasteiger charge is -1.99. The van der Waals surface area contributed by atoms with Crippen LogP contribution in [0.5, 0.6) is 0 Å². The minimum absolute atomic E-state index is 0.729. The predicted octanol–water partition coefficient (Wildman–Crippen LogP) is 0.00880. The first-order valence-electron chi connectivity index (χ1n) is 4.24. The molecular weight excluding hydrogens is 184 g/mol. The molecule has 0 aromatic heterocycles. The molecule has 1 heterocycles. The van der Waals surface area contributed by atoms with Crippen LogP contribution in [0.1, 0.15) is 0 Å². The van der Waals surface area contributed by atoms with Crippen LogP contribution >= 0.6 is 11.6 Å². The van der Waals surface area contributed by atoms with Crippen LogP contribution in [0, 0.1) is 0 Å². The van der Waals surface area contributed by atoms with E-state index in [0.29, 0.717) is 0 Å². The third-order valence-corrected chi connectivity index (χ3v) is 2.30. The lowest BCUT2D eigenvalue weighted by atomic mass is 10.2. The van der Waals surface area contributed by atoms with Crippen LogP contribution in [0.4, 0.5) is 0 Å². The molecule has 0 amide bonds. The number of nitrogens with one attached hydrogen (secondary N) is 2. The number of benzene rings is 1. The lowest BCUT2D eigenvalue weighted by molar-refractivity contribution is 0.942. The molecule has 0 spiro atoms. The maximum atomic E-state index is 5.83. The van der Waals surface area contributed by atoms with Gasteiger partial charge in [0, 0.05) is 23.3 Å². The first-order chi connectivity index (χ1) is 6.27. The Balaban J connectivity index is 2.63. The summed E-state index contributed by atoms with van der Waals surface area (Å²) in [5.74, 6) is 1.06. The maximum Gasteiger partial charge on any atom is 0.107 e. The summed E-state index contributed by atoms with van der Waals surface area (Å²) in [6, 6.07) is 5.72. The molecule has 0 atom stereocenters. The molecule has 2 nitrogen and oxygen atoms in total. The van der Waals surface area contributed by atoms with Gasteiger partial charge in [-0.05, 0) is 23.4 Å². The summed E-state index contributed by atoms with van der Waals surface area (Å²) in [6.07, 6.45) is 0. The SMILES string of the molecule is C=c1cc(Cl)ccc1=C1NCCN1. The Hall–Kier alpha value is -1.15. The average Bonchev–Trinajstić information content (AvgIpc) is 2.56. The topological polar surface area (TPSA) is 24.1 Å². The van der Waals surface area contributed by atoms with E-state index >= 15 is 0 Å². The van der Waals surface area contributed by atoms with Crippen molar-refractivity contribution in [2.24, 2.45) is 0 Å². The van der Waals surface area contributed by atoms with Crippen LogP contribution in [0.3, 0.4) is 0 Å². The molecule has 1 aromatic carbocycles. The summed E-state index contributed by atoms with van der Waals surface area (Å²) in [5, 5.41) is 9.29. The van der Waals surface area contributed by atoms with Crippen molar-refractivity contribution < 1.29 is 0 Å². The Kier molecular flexibility index (Phi) is 2.15. The van der Waals surface area contributed by atoms with Crippen LogP contribution in [-0.4, -0.2) is 13.1 Å². The number of rotatable bonds is 0. The van der Waals surface area contributed by atoms with Crippen molar-refractivity contribution in [3.8, 4) is 0 Å². The van der Waals surface area contributed by atoms with Crippen molar-refractivity contribution in [1.82, 2.24) is 10.6 Å². The van der Waals surface area contributed by atoms with Crippen molar-refractivity contribution >= 4 is 24.0 Å². The molecule has 13 heavy (non-hydrogen) atoms. The quantitative estimate of drug-likeness (QED) is 0.608. The first kappa shape index (κ1) is 8.45. The second-order valence-corrected chi connectivity index (χ2v) is 3.47. The minimum atomic E-state index is 0.729. The van der Waals surface area contributed by atoms with Crippen molar-refractivity contribution in [2.45, 2.75) is 0 Å². The monoisotopic (exact) mass is 194 g/mol. The summed E-state index contributed by atoms with van der Waals surface area (Å²) >= 11 is 5.83. The molecular formula is C10H11ClN2. The second kappa shape index (κ2) is 3.30. The Morgan fingerprint density at radius 2 is 1.92 bits per heavy atom. The van der Waals surface area contributed by atoms with Crippen LogP contribution in [0.15, 0.2) is 18.2 Å². The molecule has 1 fully saturated rings. The van der Waals surface area contributed by atoms with Gasteiger partial charge in [0.1, 0.15) is 5.82 Å². The molecule has 3 heteroatoms. The fraction of sp³-hybridized carbons (Fsp3) is 0.200. The highest BCUT2D eigenvalue weighted by Crippen LogP contribution is 1.99. The molecule has 2 rings (SSSR count). The summed E-state index contributed by atoms with van der Waals surface area (Å²) in [6.45, 7) is 5.88. The fourth-order valence-electron chi connectivity index (χ4n) is 1.43. The normalized spacial score (nSPS) is 15.3. The molecule has 0 radical (unpaired) electrons. The molecule has 0 aliphatic carbocycles. The Morgan fingerprint density at radius 3 is 2.54 bits per heavy atom. The standard InChI is InChI=1S/C10H11ClN2/c1-7-6-8(11)2-3-9(7)10-12-4-5-13-10/h2-3,6,12-13H,1,4-5H2. The van der Waals surface area contributed by atoms with Crippen molar-refractivity contribution in [2.75, 3.05) is 13.1 Å². The van der Waals surface area contributed by atoms with E-state index < -0.39 is 0 Å². The van der Waals surface area contributed by atoms with Gasteiger partial charge in [0.2, 0.25) is 0 Å². The van der Waals surface area contributed by atoms with Gasteiger partial charge < -0.3 is 10.6 Å². The highest BCUT2D eigenvalue weighted by Gasteiger charge is 2.03. The first-order valence-corrected chi connectivity index (χ1v) is 4.62. The van der Waals surface area contributed by atoms with Gasteiger partial charge in [-0.15, -0.1) is 0 Å². The van der Waals surface area contributed by atoms with Gasteiger partial charge in [0.15, 0.2) is 0 Å². The highest BCUT2D eigenvalue weighted by molar-refractivity contribution is 6.30. The van der Waals surface area contributed by atoms with Gasteiger partial charge in [-0.2, -0.15) is 0 Å². The van der Waals surface area contributed by atoms with E-state index in [0.717, 1.165) is 34.4 Å². The van der Waals surface area contributed by atoms with Crippen LogP contribution in [0.25, 0.3) is 12.4 Å². The molecule has 1 aromatic rings. The van der Waals surface area contributed by atoms with E-state index in [2.05, 4.69) is 17.2 Å². The lowest BCUT2D eigenvalue weighted by Crippen LogP contribution is -2.31. The van der Waals surface area contributed by atoms with Gasteiger partial charge >= 0.3 is 0 Å². The zero-order valence-corrected chi connectivity index (χ0v) is 7.99. The zero-order valence-electron chi connectivity index (χ0n) is 7.23. The van der Waals surface area contributed by atoms with Crippen molar-refractivity contribution in [3.05, 3.63) is 33.7 Å². The van der Waals surface area contributed by atoms with Crippen LogP contribution < -0.4 is 21.1 Å². The Bertz CT molecular complexity index is 417. The van der Waals surface area contributed by atoms with Crippen LogP contribution in [-0.2, 0) is 0 Å². The maximum absolute atomic E-state index is 5.83. The van der Waals surface area contributed by atoms with Gasteiger partial charge in [-0.1, -0.05) is 18.2 Å². The summed E-state index contributed by atoms with van der Waals surface area (Å²) < 4.78 is 0. The largest absolute Gasteiger partial charge is 0.370 e. The predicted molar refractivity (Wildman–Crippen MR) is 55.6 cm³/mol. The van der Waals surface area contributed by atoms with Crippen molar-refractivity contribution in [3.63, 3.8) is 0 Å². The molecule has 1 aliphatic rings. The Labute approximate surface area is 81.9 Å². The van der Waals surface area contributed by atoms with E-state index in [1.807, 2.05) is 18.2 Å². The van der Waals surface area contributed by atoms with Gasteiger partial charge in [0.25, 0.3) is 0 Å². The molecule has 1 saturated heterocycles. The second-order valence-electron chi connectivity index (χ2n) is 3.03. The number of hydrogen-bond acceptors (Lipinski definition) is 2. The average molecular weight is 195 g/mol. The van der Waals surface area contributed by atoms with E-state index in [4.69, 9.17) is 11.6 Å². The Morgan fingerprint density at radius 1 is 1.23 bits per heavy atom. The van der Waals surface area contributed by atoms with Gasteiger partial charge in [-0.3, -0.25) is 0 Å². The third-order valence-electron chi connectivity index (χ3n) is 2.07. The molecule has 0 bridgehead atoms. The van der Waals surface area contributed by atoms with Crippen LogP contribution in [0.2, 0.25) is 5.02 Å². The summed E-state index contributed by atoms with van der Waals surface area (Å²) in [5.41, 5.74) is 0. The van der Waals surface area contributed by atoms with E-state index in [1.54, 1.807) is 0 Å². The highest BCUT2D eigenvalue weighted by atomic mass is 35.5. The minimum Gasteiger partial charge on any atom is -0.370 e. The molecule has 68 valence electrons. The summed E-state index contributed by atoms with van der Waals surface area (Å²) in [4.78, 5) is 0. The molecule has 2 N–H and O–H groups in total. The zero-order chi connectivity index (χ0) is 9.26. The third kappa shape index (κ3) is 1.63. The fourth-order valence-corrected chi connectivity index (χ4v) is 1.63.